The fourth-order valence-corrected chi connectivity index (χ4v) is 3.48. The van der Waals surface area contributed by atoms with E-state index in [0.29, 0.717) is 0 Å². The summed E-state index contributed by atoms with van der Waals surface area (Å²) in [5.74, 6) is 1.98. The van der Waals surface area contributed by atoms with Gasteiger partial charge in [0.05, 0.1) is 0 Å². The fraction of sp³-hybridized carbons (Fsp3) is 0.923. The Morgan fingerprint density at radius 1 is 0.800 bits per heavy atom. The fourth-order valence-electron chi connectivity index (χ4n) is 3.48. The SMILES string of the molecule is NC(=O)[C@H]1CC[C@H](C2CCCCC2)CC1. The Labute approximate surface area is 92.6 Å². The largest absolute Gasteiger partial charge is 0.369 e. The van der Waals surface area contributed by atoms with Crippen molar-refractivity contribution in [1.29, 1.82) is 0 Å². The van der Waals surface area contributed by atoms with Gasteiger partial charge in [0.1, 0.15) is 0 Å². The molecule has 2 heteroatoms. The van der Waals surface area contributed by atoms with Crippen LogP contribution in [0, 0.1) is 17.8 Å². The number of rotatable bonds is 2. The third-order valence-corrected chi connectivity index (χ3v) is 4.49. The van der Waals surface area contributed by atoms with E-state index in [1.54, 1.807) is 0 Å². The molecule has 15 heavy (non-hydrogen) atoms. The number of carbonyl (C=O) groups is 1. The molecule has 0 radical (unpaired) electrons. The number of hydrogen-bond donors (Lipinski definition) is 1. The van der Waals surface area contributed by atoms with Crippen molar-refractivity contribution in [3.63, 3.8) is 0 Å². The second-order valence-corrected chi connectivity index (χ2v) is 5.41. The van der Waals surface area contributed by atoms with E-state index in [0.717, 1.165) is 24.7 Å². The summed E-state index contributed by atoms with van der Waals surface area (Å²) in [6.07, 6.45) is 11.8. The van der Waals surface area contributed by atoms with Crippen LogP contribution in [-0.2, 0) is 4.79 Å². The minimum absolute atomic E-state index is 0.0721. The van der Waals surface area contributed by atoms with Crippen LogP contribution in [0.2, 0.25) is 0 Å². The van der Waals surface area contributed by atoms with Crippen molar-refractivity contribution in [2.24, 2.45) is 23.5 Å². The molecule has 86 valence electrons. The first kappa shape index (κ1) is 11.0. The molecule has 2 rings (SSSR count). The number of nitrogens with two attached hydrogens (primary N) is 1. The normalized spacial score (nSPS) is 33.9. The molecule has 0 unspecified atom stereocenters. The molecule has 0 bridgehead atoms. The van der Waals surface area contributed by atoms with Crippen LogP contribution < -0.4 is 5.73 Å². The third-order valence-electron chi connectivity index (χ3n) is 4.49. The summed E-state index contributed by atoms with van der Waals surface area (Å²) in [7, 11) is 0. The van der Waals surface area contributed by atoms with Crippen LogP contribution in [0.4, 0.5) is 0 Å². The van der Waals surface area contributed by atoms with E-state index in [-0.39, 0.29) is 11.8 Å². The van der Waals surface area contributed by atoms with Gasteiger partial charge in [0.25, 0.3) is 0 Å². The Bertz CT molecular complexity index is 213. The van der Waals surface area contributed by atoms with Crippen LogP contribution in [0.15, 0.2) is 0 Å². The first-order chi connectivity index (χ1) is 7.27. The molecule has 2 N–H and O–H groups in total. The Hall–Kier alpha value is -0.530. The predicted octanol–water partition coefficient (Wildman–Crippen LogP) is 2.86. The summed E-state index contributed by atoms with van der Waals surface area (Å²) in [6.45, 7) is 0. The van der Waals surface area contributed by atoms with Crippen molar-refractivity contribution < 1.29 is 4.79 Å². The van der Waals surface area contributed by atoms with Crippen molar-refractivity contribution in [2.45, 2.75) is 57.8 Å². The van der Waals surface area contributed by atoms with Gasteiger partial charge in [0.15, 0.2) is 0 Å². The molecule has 0 heterocycles. The lowest BCUT2D eigenvalue weighted by atomic mass is 9.71. The number of carbonyl (C=O) groups excluding carboxylic acids is 1. The van der Waals surface area contributed by atoms with Gasteiger partial charge in [-0.2, -0.15) is 0 Å². The van der Waals surface area contributed by atoms with Crippen molar-refractivity contribution >= 4 is 5.91 Å². The van der Waals surface area contributed by atoms with Gasteiger partial charge in [-0.3, -0.25) is 4.79 Å². The van der Waals surface area contributed by atoms with Gasteiger partial charge in [-0.05, 0) is 37.5 Å². The molecule has 0 aromatic carbocycles. The van der Waals surface area contributed by atoms with E-state index in [1.807, 2.05) is 0 Å². The van der Waals surface area contributed by atoms with E-state index >= 15 is 0 Å². The molecule has 0 atom stereocenters. The highest BCUT2D eigenvalue weighted by Gasteiger charge is 2.30. The summed E-state index contributed by atoms with van der Waals surface area (Å²) in [4.78, 5) is 11.1. The van der Waals surface area contributed by atoms with Gasteiger partial charge in [0.2, 0.25) is 5.91 Å². The molecule has 0 spiro atoms. The molecule has 0 aliphatic heterocycles. The molecule has 0 aromatic rings. The highest BCUT2D eigenvalue weighted by molar-refractivity contribution is 5.76. The molecular formula is C13H23NO. The van der Waals surface area contributed by atoms with Gasteiger partial charge >= 0.3 is 0 Å². The maximum atomic E-state index is 11.1. The topological polar surface area (TPSA) is 43.1 Å². The first-order valence-electron chi connectivity index (χ1n) is 6.56. The summed E-state index contributed by atoms with van der Waals surface area (Å²) < 4.78 is 0. The Morgan fingerprint density at radius 2 is 1.33 bits per heavy atom. The van der Waals surface area contributed by atoms with E-state index in [1.165, 1.54) is 44.9 Å². The Morgan fingerprint density at radius 3 is 1.87 bits per heavy atom. The predicted molar refractivity (Wildman–Crippen MR) is 61.2 cm³/mol. The van der Waals surface area contributed by atoms with Crippen LogP contribution >= 0.6 is 0 Å². The zero-order valence-corrected chi connectivity index (χ0v) is 9.58. The minimum Gasteiger partial charge on any atom is -0.369 e. The molecule has 2 fully saturated rings. The van der Waals surface area contributed by atoms with Crippen molar-refractivity contribution in [3.05, 3.63) is 0 Å². The molecule has 0 saturated heterocycles. The summed E-state index contributed by atoms with van der Waals surface area (Å²) in [5.41, 5.74) is 5.35. The highest BCUT2D eigenvalue weighted by atomic mass is 16.1. The summed E-state index contributed by atoms with van der Waals surface area (Å²) in [6, 6.07) is 0. The van der Waals surface area contributed by atoms with E-state index < -0.39 is 0 Å². The second kappa shape index (κ2) is 5.00. The summed E-state index contributed by atoms with van der Waals surface area (Å²) in [5, 5.41) is 0. The molecule has 0 aromatic heterocycles. The Balaban J connectivity index is 1.79. The van der Waals surface area contributed by atoms with Gasteiger partial charge in [0, 0.05) is 5.92 Å². The van der Waals surface area contributed by atoms with Crippen molar-refractivity contribution in [2.75, 3.05) is 0 Å². The van der Waals surface area contributed by atoms with Crippen molar-refractivity contribution in [3.8, 4) is 0 Å². The average Bonchev–Trinajstić information content (AvgIpc) is 2.30. The Kier molecular flexibility index (Phi) is 3.66. The van der Waals surface area contributed by atoms with E-state index in [9.17, 15) is 4.79 Å². The van der Waals surface area contributed by atoms with Crippen LogP contribution in [0.1, 0.15) is 57.8 Å². The smallest absolute Gasteiger partial charge is 0.220 e. The lowest BCUT2D eigenvalue weighted by molar-refractivity contribution is -0.123. The van der Waals surface area contributed by atoms with Gasteiger partial charge in [-0.25, -0.2) is 0 Å². The maximum absolute atomic E-state index is 11.1. The number of amides is 1. The molecule has 1 amide bonds. The molecular weight excluding hydrogens is 186 g/mol. The monoisotopic (exact) mass is 209 g/mol. The lowest BCUT2D eigenvalue weighted by Crippen LogP contribution is -2.30. The van der Waals surface area contributed by atoms with Crippen LogP contribution in [-0.4, -0.2) is 5.91 Å². The lowest BCUT2D eigenvalue weighted by Gasteiger charge is -2.35. The van der Waals surface area contributed by atoms with Gasteiger partial charge in [-0.1, -0.05) is 32.1 Å². The van der Waals surface area contributed by atoms with Gasteiger partial charge < -0.3 is 5.73 Å². The zero-order chi connectivity index (χ0) is 10.7. The molecule has 2 aliphatic rings. The third kappa shape index (κ3) is 2.73. The van der Waals surface area contributed by atoms with E-state index in [2.05, 4.69) is 0 Å². The highest BCUT2D eigenvalue weighted by Crippen LogP contribution is 2.39. The maximum Gasteiger partial charge on any atom is 0.220 e. The molecule has 2 nitrogen and oxygen atoms in total. The van der Waals surface area contributed by atoms with Crippen LogP contribution in [0.3, 0.4) is 0 Å². The minimum atomic E-state index is -0.0721. The zero-order valence-electron chi connectivity index (χ0n) is 9.58. The van der Waals surface area contributed by atoms with Crippen LogP contribution in [0.25, 0.3) is 0 Å². The number of hydrogen-bond acceptors (Lipinski definition) is 1. The quantitative estimate of drug-likeness (QED) is 0.746. The van der Waals surface area contributed by atoms with Gasteiger partial charge in [-0.15, -0.1) is 0 Å². The van der Waals surface area contributed by atoms with Crippen molar-refractivity contribution in [1.82, 2.24) is 0 Å². The van der Waals surface area contributed by atoms with Crippen LogP contribution in [0.5, 0.6) is 0 Å². The van der Waals surface area contributed by atoms with E-state index in [4.69, 9.17) is 5.73 Å². The number of primary amides is 1. The standard InChI is InChI=1S/C13H23NO/c14-13(15)12-8-6-11(7-9-12)10-4-2-1-3-5-10/h10-12H,1-9H2,(H2,14,15)/t11-,12-. The summed E-state index contributed by atoms with van der Waals surface area (Å²) >= 11 is 0. The average molecular weight is 209 g/mol. The first-order valence-corrected chi connectivity index (χ1v) is 6.56. The second-order valence-electron chi connectivity index (χ2n) is 5.41. The molecule has 2 aliphatic carbocycles. The molecule has 2 saturated carbocycles.